The number of aliphatic hydroxyl groups is 1. The molecule has 4 aromatic rings. The fraction of sp³-hybridized carbons (Fsp3) is 0.382. The minimum Gasteiger partial charge on any atom is -0.388 e. The molecule has 2 aromatic carbocycles. The molecule has 42 heavy (non-hydrogen) atoms. The van der Waals surface area contributed by atoms with Crippen LogP contribution in [-0.4, -0.2) is 94.0 Å². The first-order valence-electron chi connectivity index (χ1n) is 14.9. The van der Waals surface area contributed by atoms with E-state index in [4.69, 9.17) is 10.1 Å². The first-order valence-corrected chi connectivity index (χ1v) is 14.9. The maximum Gasteiger partial charge on any atom is 0.253 e. The van der Waals surface area contributed by atoms with Crippen LogP contribution in [0.3, 0.4) is 0 Å². The van der Waals surface area contributed by atoms with Crippen molar-refractivity contribution < 1.29 is 14.7 Å². The molecule has 0 spiro atoms. The molecule has 0 aliphatic carbocycles. The van der Waals surface area contributed by atoms with Crippen molar-refractivity contribution in [3.05, 3.63) is 101 Å². The van der Waals surface area contributed by atoms with Crippen molar-refractivity contribution in [3.8, 4) is 0 Å². The molecule has 2 fully saturated rings. The van der Waals surface area contributed by atoms with Crippen LogP contribution in [0.5, 0.6) is 0 Å². The topological polar surface area (TPSA) is 81.9 Å². The van der Waals surface area contributed by atoms with Gasteiger partial charge >= 0.3 is 0 Å². The molecule has 0 atom stereocenters. The molecule has 1 N–H and O–H groups in total. The lowest BCUT2D eigenvalue weighted by Crippen LogP contribution is -2.43. The van der Waals surface area contributed by atoms with Gasteiger partial charge in [-0.1, -0.05) is 36.4 Å². The second-order valence-corrected chi connectivity index (χ2v) is 11.7. The fourth-order valence-corrected chi connectivity index (χ4v) is 6.20. The zero-order valence-corrected chi connectivity index (χ0v) is 24.3. The number of likely N-dealkylation sites (tertiary alicyclic amines) is 1. The molecule has 2 saturated heterocycles. The van der Waals surface area contributed by atoms with Gasteiger partial charge in [-0.2, -0.15) is 0 Å². The van der Waals surface area contributed by atoms with E-state index in [0.717, 1.165) is 80.8 Å². The number of rotatable bonds is 8. The standard InChI is InChI=1S/C34H39N5O3/c1-36-15-17-37(18-16-36)22-26-3-2-4-30(19-26)34(42)38-12-9-27(10-13-38)31-20-29-11-14-39(33(29)35-21-31)23-25-5-7-28(8-6-25)32(41)24-40/h2-8,11,14,19-21,27,40H,9-10,12-13,15-18,22-24H2,1H3. The summed E-state index contributed by atoms with van der Waals surface area (Å²) in [5, 5.41) is 10.2. The molecule has 0 unspecified atom stereocenters. The van der Waals surface area contributed by atoms with Crippen LogP contribution >= 0.6 is 0 Å². The summed E-state index contributed by atoms with van der Waals surface area (Å²) in [5.41, 5.74) is 5.74. The molecular weight excluding hydrogens is 526 g/mol. The fourth-order valence-electron chi connectivity index (χ4n) is 6.20. The van der Waals surface area contributed by atoms with Gasteiger partial charge in [-0.15, -0.1) is 0 Å². The molecule has 0 radical (unpaired) electrons. The summed E-state index contributed by atoms with van der Waals surface area (Å²) in [6.45, 7) is 6.88. The second kappa shape index (κ2) is 12.6. The lowest BCUT2D eigenvalue weighted by molar-refractivity contribution is 0.0712. The van der Waals surface area contributed by atoms with E-state index in [-0.39, 0.29) is 11.7 Å². The van der Waals surface area contributed by atoms with Crippen LogP contribution < -0.4 is 0 Å². The number of ketones is 1. The molecule has 2 aliphatic rings. The third-order valence-electron chi connectivity index (χ3n) is 8.82. The predicted octanol–water partition coefficient (Wildman–Crippen LogP) is 4.03. The lowest BCUT2D eigenvalue weighted by atomic mass is 9.90. The highest BCUT2D eigenvalue weighted by Gasteiger charge is 2.25. The Labute approximate surface area is 247 Å². The predicted molar refractivity (Wildman–Crippen MR) is 164 cm³/mol. The van der Waals surface area contributed by atoms with E-state index in [0.29, 0.717) is 18.0 Å². The Morgan fingerprint density at radius 2 is 1.62 bits per heavy atom. The van der Waals surface area contributed by atoms with Gasteiger partial charge in [-0.05, 0) is 66.8 Å². The van der Waals surface area contributed by atoms with Crippen molar-refractivity contribution in [1.82, 2.24) is 24.3 Å². The number of aromatic nitrogens is 2. The molecular formula is C34H39N5O3. The number of carbonyl (C=O) groups is 2. The number of hydrogen-bond acceptors (Lipinski definition) is 6. The van der Waals surface area contributed by atoms with Gasteiger partial charge in [0.05, 0.1) is 0 Å². The summed E-state index contributed by atoms with van der Waals surface area (Å²) in [5.74, 6) is 0.242. The van der Waals surface area contributed by atoms with Gasteiger partial charge in [0.1, 0.15) is 12.3 Å². The molecule has 6 rings (SSSR count). The zero-order chi connectivity index (χ0) is 29.1. The number of nitrogens with zero attached hydrogens (tertiary/aromatic N) is 5. The normalized spacial score (nSPS) is 17.1. The Morgan fingerprint density at radius 1 is 0.857 bits per heavy atom. The third kappa shape index (κ3) is 6.31. The average Bonchev–Trinajstić information content (AvgIpc) is 3.43. The number of benzene rings is 2. The van der Waals surface area contributed by atoms with Crippen LogP contribution in [-0.2, 0) is 13.1 Å². The summed E-state index contributed by atoms with van der Waals surface area (Å²) in [6, 6.07) is 19.9. The molecule has 2 aromatic heterocycles. The minimum atomic E-state index is -0.478. The van der Waals surface area contributed by atoms with Gasteiger partial charge in [-0.3, -0.25) is 14.5 Å². The highest BCUT2D eigenvalue weighted by molar-refractivity contribution is 5.97. The van der Waals surface area contributed by atoms with E-state index in [9.17, 15) is 9.59 Å². The summed E-state index contributed by atoms with van der Waals surface area (Å²) >= 11 is 0. The Balaban J connectivity index is 1.06. The van der Waals surface area contributed by atoms with Gasteiger partial charge in [0, 0.05) is 81.3 Å². The molecule has 8 nitrogen and oxygen atoms in total. The summed E-state index contributed by atoms with van der Waals surface area (Å²) in [4.78, 5) is 36.7. The van der Waals surface area contributed by atoms with Crippen molar-refractivity contribution in [3.63, 3.8) is 0 Å². The van der Waals surface area contributed by atoms with E-state index >= 15 is 0 Å². The highest BCUT2D eigenvalue weighted by atomic mass is 16.3. The molecule has 0 bridgehead atoms. The number of likely N-dealkylation sites (N-methyl/N-ethyl adjacent to an activating group) is 1. The van der Waals surface area contributed by atoms with E-state index in [1.807, 2.05) is 41.6 Å². The Kier molecular flexibility index (Phi) is 8.46. The van der Waals surface area contributed by atoms with E-state index < -0.39 is 6.61 Å². The first kappa shape index (κ1) is 28.3. The van der Waals surface area contributed by atoms with Crippen LogP contribution in [0, 0.1) is 0 Å². The van der Waals surface area contributed by atoms with E-state index in [1.165, 1.54) is 11.1 Å². The molecule has 1 amide bonds. The number of Topliss-reactive ketones (excluding diaryl/α,β-unsaturated/α-hetero) is 1. The summed E-state index contributed by atoms with van der Waals surface area (Å²) < 4.78 is 2.11. The summed E-state index contributed by atoms with van der Waals surface area (Å²) in [7, 11) is 2.17. The zero-order valence-electron chi connectivity index (χ0n) is 24.3. The summed E-state index contributed by atoms with van der Waals surface area (Å²) in [6.07, 6.45) is 5.90. The van der Waals surface area contributed by atoms with Crippen molar-refractivity contribution in [2.45, 2.75) is 31.8 Å². The van der Waals surface area contributed by atoms with E-state index in [2.05, 4.69) is 45.7 Å². The van der Waals surface area contributed by atoms with Crippen LogP contribution in [0.4, 0.5) is 0 Å². The van der Waals surface area contributed by atoms with Gasteiger partial charge < -0.3 is 19.5 Å². The highest BCUT2D eigenvalue weighted by Crippen LogP contribution is 2.30. The lowest BCUT2D eigenvalue weighted by Gasteiger charge is -2.33. The largest absolute Gasteiger partial charge is 0.388 e. The Bertz CT molecular complexity index is 1550. The third-order valence-corrected chi connectivity index (χ3v) is 8.82. The van der Waals surface area contributed by atoms with Crippen molar-refractivity contribution in [1.29, 1.82) is 0 Å². The average molecular weight is 566 g/mol. The number of hydrogen-bond donors (Lipinski definition) is 1. The first-order chi connectivity index (χ1) is 20.5. The van der Waals surface area contributed by atoms with Crippen LogP contribution in [0.1, 0.15) is 56.2 Å². The van der Waals surface area contributed by atoms with Crippen LogP contribution in [0.25, 0.3) is 11.0 Å². The minimum absolute atomic E-state index is 0.132. The SMILES string of the molecule is CN1CCN(Cc2cccc(C(=O)N3CCC(c4cnc5c(ccn5Cc5ccc(C(=O)CO)cc5)c4)CC3)c2)CC1. The van der Waals surface area contributed by atoms with Gasteiger partial charge in [-0.25, -0.2) is 4.98 Å². The smallest absolute Gasteiger partial charge is 0.253 e. The van der Waals surface area contributed by atoms with E-state index in [1.54, 1.807) is 12.1 Å². The second-order valence-electron chi connectivity index (χ2n) is 11.7. The van der Waals surface area contributed by atoms with Gasteiger partial charge in [0.2, 0.25) is 0 Å². The molecule has 0 saturated carbocycles. The van der Waals surface area contributed by atoms with Crippen molar-refractivity contribution >= 4 is 22.7 Å². The number of carbonyl (C=O) groups excluding carboxylic acids is 2. The number of aliphatic hydroxyl groups excluding tert-OH is 1. The van der Waals surface area contributed by atoms with Crippen molar-refractivity contribution in [2.75, 3.05) is 52.9 Å². The number of piperidine rings is 1. The number of amides is 1. The van der Waals surface area contributed by atoms with Gasteiger partial charge in [0.15, 0.2) is 5.78 Å². The monoisotopic (exact) mass is 565 g/mol. The Hall–Kier alpha value is -3.85. The quantitative estimate of drug-likeness (QED) is 0.325. The van der Waals surface area contributed by atoms with Crippen LogP contribution in [0.15, 0.2) is 73.1 Å². The Morgan fingerprint density at radius 3 is 2.36 bits per heavy atom. The maximum atomic E-state index is 13.4. The number of fused-ring (bicyclic) bond motifs is 1. The molecule has 4 heterocycles. The van der Waals surface area contributed by atoms with Gasteiger partial charge in [0.25, 0.3) is 5.91 Å². The number of piperazine rings is 1. The molecule has 8 heteroatoms. The molecule has 2 aliphatic heterocycles. The molecule has 218 valence electrons. The van der Waals surface area contributed by atoms with Crippen molar-refractivity contribution in [2.24, 2.45) is 0 Å². The number of pyridine rings is 1. The maximum absolute atomic E-state index is 13.4. The van der Waals surface area contributed by atoms with Crippen LogP contribution in [0.2, 0.25) is 0 Å².